The van der Waals surface area contributed by atoms with Gasteiger partial charge in [-0.3, -0.25) is 5.10 Å². The van der Waals surface area contributed by atoms with E-state index in [0.717, 1.165) is 29.0 Å². The number of aromatic nitrogens is 2. The molecular formula is C14H18BrN3O. The zero-order chi connectivity index (χ0) is 13.7. The number of nitrogens with one attached hydrogen (secondary N) is 2. The first-order valence-corrected chi connectivity index (χ1v) is 7.07. The Balaban J connectivity index is 1.78. The number of ether oxygens (including phenoxy) is 1. The Kier molecular flexibility index (Phi) is 4.99. The lowest BCUT2D eigenvalue weighted by atomic mass is 10.2. The lowest BCUT2D eigenvalue weighted by Crippen LogP contribution is -2.28. The molecular weight excluding hydrogens is 306 g/mol. The Morgan fingerprint density at radius 2 is 2.21 bits per heavy atom. The summed E-state index contributed by atoms with van der Waals surface area (Å²) in [4.78, 5) is 0. The molecule has 0 fully saturated rings. The van der Waals surface area contributed by atoms with Gasteiger partial charge in [-0.05, 0) is 41.9 Å². The molecule has 1 atom stereocenters. The van der Waals surface area contributed by atoms with Gasteiger partial charge in [-0.15, -0.1) is 0 Å². The minimum Gasteiger partial charge on any atom is -0.488 e. The minimum absolute atomic E-state index is 0.103. The van der Waals surface area contributed by atoms with Gasteiger partial charge in [0.15, 0.2) is 0 Å². The van der Waals surface area contributed by atoms with Crippen LogP contribution < -0.4 is 10.1 Å². The van der Waals surface area contributed by atoms with Crippen LogP contribution >= 0.6 is 15.9 Å². The van der Waals surface area contributed by atoms with Crippen LogP contribution in [0.4, 0.5) is 0 Å². The van der Waals surface area contributed by atoms with Crippen molar-refractivity contribution in [1.82, 2.24) is 15.5 Å². The Hall–Kier alpha value is -1.33. The van der Waals surface area contributed by atoms with Gasteiger partial charge in [-0.2, -0.15) is 5.10 Å². The molecule has 0 radical (unpaired) electrons. The third-order valence-corrected chi connectivity index (χ3v) is 3.50. The van der Waals surface area contributed by atoms with E-state index in [1.807, 2.05) is 37.4 Å². The van der Waals surface area contributed by atoms with E-state index in [2.05, 4.69) is 38.4 Å². The third kappa shape index (κ3) is 4.08. The van der Waals surface area contributed by atoms with Crippen LogP contribution in [0.25, 0.3) is 0 Å². The van der Waals surface area contributed by atoms with Crippen LogP contribution in [0.1, 0.15) is 18.2 Å². The molecule has 0 aliphatic carbocycles. The Bertz CT molecular complexity index is 527. The third-order valence-electron chi connectivity index (χ3n) is 2.85. The summed E-state index contributed by atoms with van der Waals surface area (Å²) in [7, 11) is 0. The molecule has 0 bridgehead atoms. The maximum absolute atomic E-state index is 5.86. The number of para-hydroxylation sites is 1. The highest BCUT2D eigenvalue weighted by Gasteiger charge is 2.07. The van der Waals surface area contributed by atoms with Crippen molar-refractivity contribution in [3.63, 3.8) is 0 Å². The van der Waals surface area contributed by atoms with Crippen LogP contribution in [0, 0.1) is 6.92 Å². The average molecular weight is 324 g/mol. The largest absolute Gasteiger partial charge is 0.488 e. The smallest absolute Gasteiger partial charge is 0.133 e. The molecule has 0 saturated carbocycles. The molecule has 2 rings (SSSR count). The van der Waals surface area contributed by atoms with Gasteiger partial charge in [0, 0.05) is 24.3 Å². The predicted molar refractivity (Wildman–Crippen MR) is 79.3 cm³/mol. The number of H-pyrrole nitrogens is 1. The average Bonchev–Trinajstić information content (AvgIpc) is 2.78. The van der Waals surface area contributed by atoms with Gasteiger partial charge in [0.2, 0.25) is 0 Å². The summed E-state index contributed by atoms with van der Waals surface area (Å²) >= 11 is 3.48. The maximum Gasteiger partial charge on any atom is 0.133 e. The van der Waals surface area contributed by atoms with E-state index in [4.69, 9.17) is 4.74 Å². The second kappa shape index (κ2) is 6.73. The number of hydrogen-bond acceptors (Lipinski definition) is 3. The van der Waals surface area contributed by atoms with Gasteiger partial charge in [0.05, 0.1) is 10.7 Å². The zero-order valence-electron chi connectivity index (χ0n) is 11.1. The number of aryl methyl sites for hydroxylation is 1. The molecule has 0 spiro atoms. The van der Waals surface area contributed by atoms with Crippen LogP contribution in [0.2, 0.25) is 0 Å². The van der Waals surface area contributed by atoms with Crippen molar-refractivity contribution in [3.8, 4) is 5.75 Å². The summed E-state index contributed by atoms with van der Waals surface area (Å²) in [6.45, 7) is 5.65. The van der Waals surface area contributed by atoms with E-state index in [0.29, 0.717) is 0 Å². The van der Waals surface area contributed by atoms with E-state index in [1.54, 1.807) is 0 Å². The van der Waals surface area contributed by atoms with E-state index in [9.17, 15) is 0 Å². The molecule has 1 unspecified atom stereocenters. The van der Waals surface area contributed by atoms with Gasteiger partial charge in [0.25, 0.3) is 0 Å². The Morgan fingerprint density at radius 1 is 1.42 bits per heavy atom. The molecule has 2 N–H and O–H groups in total. The van der Waals surface area contributed by atoms with Gasteiger partial charge in [-0.1, -0.05) is 12.1 Å². The second-order valence-corrected chi connectivity index (χ2v) is 5.36. The minimum atomic E-state index is 0.103. The molecule has 102 valence electrons. The molecule has 0 saturated heterocycles. The molecule has 19 heavy (non-hydrogen) atoms. The van der Waals surface area contributed by atoms with Gasteiger partial charge < -0.3 is 10.1 Å². The molecule has 1 aromatic carbocycles. The number of rotatable bonds is 6. The summed E-state index contributed by atoms with van der Waals surface area (Å²) < 4.78 is 6.84. The van der Waals surface area contributed by atoms with Crippen molar-refractivity contribution >= 4 is 15.9 Å². The summed E-state index contributed by atoms with van der Waals surface area (Å²) in [5, 5.41) is 10.3. The lowest BCUT2D eigenvalue weighted by molar-refractivity contribution is 0.215. The number of nitrogens with zero attached hydrogens (tertiary/aromatic N) is 1. The first-order chi connectivity index (χ1) is 9.16. The normalized spacial score (nSPS) is 12.4. The number of hydrogen-bond donors (Lipinski definition) is 2. The quantitative estimate of drug-likeness (QED) is 0.859. The topological polar surface area (TPSA) is 49.9 Å². The molecule has 1 aromatic heterocycles. The van der Waals surface area contributed by atoms with E-state index in [-0.39, 0.29) is 6.10 Å². The van der Waals surface area contributed by atoms with Crippen molar-refractivity contribution in [2.24, 2.45) is 0 Å². The van der Waals surface area contributed by atoms with Crippen molar-refractivity contribution in [3.05, 3.63) is 46.2 Å². The molecule has 0 aliphatic heterocycles. The number of aromatic amines is 1. The first-order valence-electron chi connectivity index (χ1n) is 6.27. The highest BCUT2D eigenvalue weighted by Crippen LogP contribution is 2.24. The standard InChI is InChI=1S/C14H18BrN3O/c1-10(19-14-6-4-3-5-13(14)15)7-16-8-12-9-17-18-11(12)2/h3-6,9-10,16H,7-8H2,1-2H3,(H,17,18). The van der Waals surface area contributed by atoms with Crippen LogP contribution in [0.15, 0.2) is 34.9 Å². The van der Waals surface area contributed by atoms with E-state index >= 15 is 0 Å². The monoisotopic (exact) mass is 323 g/mol. The van der Waals surface area contributed by atoms with Gasteiger partial charge in [-0.25, -0.2) is 0 Å². The van der Waals surface area contributed by atoms with Crippen molar-refractivity contribution in [1.29, 1.82) is 0 Å². The highest BCUT2D eigenvalue weighted by atomic mass is 79.9. The molecule has 2 aromatic rings. The first kappa shape index (κ1) is 14.1. The van der Waals surface area contributed by atoms with Gasteiger partial charge >= 0.3 is 0 Å². The predicted octanol–water partition coefficient (Wildman–Crippen LogP) is 3.04. The fourth-order valence-corrected chi connectivity index (χ4v) is 2.14. The van der Waals surface area contributed by atoms with Crippen molar-refractivity contribution < 1.29 is 4.74 Å². The summed E-state index contributed by atoms with van der Waals surface area (Å²) in [6, 6.07) is 7.88. The van der Waals surface area contributed by atoms with Crippen LogP contribution in [-0.2, 0) is 6.54 Å². The van der Waals surface area contributed by atoms with Crippen molar-refractivity contribution in [2.45, 2.75) is 26.5 Å². The SMILES string of the molecule is Cc1[nH]ncc1CNCC(C)Oc1ccccc1Br. The summed E-state index contributed by atoms with van der Waals surface area (Å²) in [5.74, 6) is 0.872. The van der Waals surface area contributed by atoms with Crippen LogP contribution in [0.5, 0.6) is 5.75 Å². The van der Waals surface area contributed by atoms with Crippen LogP contribution in [-0.4, -0.2) is 22.8 Å². The summed E-state index contributed by atoms with van der Waals surface area (Å²) in [5.41, 5.74) is 2.29. The molecule has 5 heteroatoms. The van der Waals surface area contributed by atoms with Crippen molar-refractivity contribution in [2.75, 3.05) is 6.54 Å². The van der Waals surface area contributed by atoms with Crippen LogP contribution in [0.3, 0.4) is 0 Å². The molecule has 1 heterocycles. The fourth-order valence-electron chi connectivity index (χ4n) is 1.76. The lowest BCUT2D eigenvalue weighted by Gasteiger charge is -2.16. The Morgan fingerprint density at radius 3 is 2.89 bits per heavy atom. The molecule has 4 nitrogen and oxygen atoms in total. The highest BCUT2D eigenvalue weighted by molar-refractivity contribution is 9.10. The van der Waals surface area contributed by atoms with E-state index in [1.165, 1.54) is 5.56 Å². The fraction of sp³-hybridized carbons (Fsp3) is 0.357. The molecule has 0 aliphatic rings. The Labute approximate surface area is 121 Å². The molecule has 0 amide bonds. The zero-order valence-corrected chi connectivity index (χ0v) is 12.7. The number of benzene rings is 1. The van der Waals surface area contributed by atoms with E-state index < -0.39 is 0 Å². The second-order valence-electron chi connectivity index (χ2n) is 4.51. The summed E-state index contributed by atoms with van der Waals surface area (Å²) in [6.07, 6.45) is 1.95. The van der Waals surface area contributed by atoms with Gasteiger partial charge in [0.1, 0.15) is 11.9 Å². The number of halogens is 1. The maximum atomic E-state index is 5.86.